The lowest BCUT2D eigenvalue weighted by atomic mass is 9.98. The fraction of sp³-hybridized carbons (Fsp3) is 0.0741. The van der Waals surface area contributed by atoms with Crippen LogP contribution in [0.3, 0.4) is 0 Å². The molecule has 3 aromatic carbocycles. The minimum absolute atomic E-state index is 0.00209. The van der Waals surface area contributed by atoms with Gasteiger partial charge in [-0.05, 0) is 42.3 Å². The summed E-state index contributed by atoms with van der Waals surface area (Å²) >= 11 is 0. The molecule has 1 nitrogen and oxygen atoms in total. The van der Waals surface area contributed by atoms with Crippen molar-refractivity contribution in [2.24, 2.45) is 0 Å². The number of benzene rings is 3. The van der Waals surface area contributed by atoms with Crippen molar-refractivity contribution in [3.63, 3.8) is 0 Å². The number of halogens is 7. The summed E-state index contributed by atoms with van der Waals surface area (Å²) < 4.78 is 97.0. The van der Waals surface area contributed by atoms with E-state index < -0.39 is 40.7 Å². The summed E-state index contributed by atoms with van der Waals surface area (Å²) in [6, 6.07) is 11.7. The highest BCUT2D eigenvalue weighted by Crippen LogP contribution is 2.32. The summed E-state index contributed by atoms with van der Waals surface area (Å²) in [5.74, 6) is -8.01. The number of allylic oxidation sites excluding steroid dienone is 1. The van der Waals surface area contributed by atoms with Gasteiger partial charge in [-0.15, -0.1) is 0 Å². The molecule has 0 saturated heterocycles. The third-order valence-electron chi connectivity index (χ3n) is 5.41. The molecule has 0 bridgehead atoms. The molecule has 0 aliphatic heterocycles. The average molecular weight is 487 g/mol. The van der Waals surface area contributed by atoms with Crippen molar-refractivity contribution in [3.05, 3.63) is 107 Å². The van der Waals surface area contributed by atoms with Gasteiger partial charge in [0, 0.05) is 34.0 Å². The summed E-state index contributed by atoms with van der Waals surface area (Å²) in [4.78, 5) is 4.07. The van der Waals surface area contributed by atoms with Gasteiger partial charge in [0.05, 0.1) is 5.69 Å². The summed E-state index contributed by atoms with van der Waals surface area (Å²) in [5.41, 5.74) is 0.531. The molecule has 0 aliphatic rings. The van der Waals surface area contributed by atoms with E-state index in [0.29, 0.717) is 5.56 Å². The fourth-order valence-electron chi connectivity index (χ4n) is 3.54. The molecule has 0 amide bonds. The van der Waals surface area contributed by atoms with E-state index in [2.05, 4.69) is 4.98 Å². The van der Waals surface area contributed by atoms with Crippen molar-refractivity contribution in [1.29, 1.82) is 0 Å². The molecule has 1 heterocycles. The predicted octanol–water partition coefficient (Wildman–Crippen LogP) is 8.80. The van der Waals surface area contributed by atoms with Gasteiger partial charge in [0.15, 0.2) is 23.3 Å². The third-order valence-corrected chi connectivity index (χ3v) is 5.41. The monoisotopic (exact) mass is 487 g/mol. The number of hydrogen-bond acceptors (Lipinski definition) is 1. The number of hydrogen-bond donors (Lipinski definition) is 0. The second-order valence-corrected chi connectivity index (χ2v) is 7.65. The van der Waals surface area contributed by atoms with E-state index >= 15 is 0 Å². The number of rotatable bonds is 5. The average Bonchev–Trinajstić information content (AvgIpc) is 2.86. The van der Waals surface area contributed by atoms with Crippen molar-refractivity contribution in [2.45, 2.75) is 13.3 Å². The van der Waals surface area contributed by atoms with Gasteiger partial charge < -0.3 is 0 Å². The molecule has 0 unspecified atom stereocenters. The van der Waals surface area contributed by atoms with Crippen molar-refractivity contribution in [2.75, 3.05) is 0 Å². The maximum absolute atomic E-state index is 14.9. The van der Waals surface area contributed by atoms with E-state index in [0.717, 1.165) is 24.3 Å². The van der Waals surface area contributed by atoms with Crippen LogP contribution < -0.4 is 0 Å². The van der Waals surface area contributed by atoms with Crippen LogP contribution in [-0.4, -0.2) is 4.98 Å². The summed E-state index contributed by atoms with van der Waals surface area (Å²) in [6.45, 7) is 1.43. The van der Waals surface area contributed by atoms with E-state index in [1.54, 1.807) is 0 Å². The van der Waals surface area contributed by atoms with E-state index in [9.17, 15) is 30.7 Å². The molecule has 0 aliphatic carbocycles. The van der Waals surface area contributed by atoms with E-state index in [1.807, 2.05) is 0 Å². The minimum Gasteiger partial charge on any atom is -0.256 e. The first-order valence-corrected chi connectivity index (χ1v) is 10.4. The zero-order valence-electron chi connectivity index (χ0n) is 18.2. The van der Waals surface area contributed by atoms with Crippen LogP contribution in [0, 0.1) is 29.1 Å². The molecule has 1 aromatic heterocycles. The Bertz CT molecular complexity index is 1420. The summed E-state index contributed by atoms with van der Waals surface area (Å²) in [6.07, 6.45) is 1.11. The van der Waals surface area contributed by atoms with E-state index in [1.165, 1.54) is 49.5 Å². The molecule has 4 aromatic rings. The number of aromatic nitrogens is 1. The quantitative estimate of drug-likeness (QED) is 0.203. The molecule has 178 valence electrons. The fourth-order valence-corrected chi connectivity index (χ4v) is 3.54. The van der Waals surface area contributed by atoms with Crippen LogP contribution in [0.1, 0.15) is 18.9 Å². The summed E-state index contributed by atoms with van der Waals surface area (Å²) in [7, 11) is 0. The Labute approximate surface area is 196 Å². The van der Waals surface area contributed by atoms with Crippen LogP contribution in [0.5, 0.6) is 0 Å². The standard InChI is InChI=1S/C27H16F7N/c1-2-20(28)26(33)15-4-7-18(22(30)10-15)14-3-6-19(21(29)9-14)16-5-8-25(35-13-16)17-11-23(31)27(34)24(32)12-17/h3-13H,2H2,1H3. The molecule has 0 N–H and O–H groups in total. The van der Waals surface area contributed by atoms with Gasteiger partial charge >= 0.3 is 0 Å². The van der Waals surface area contributed by atoms with E-state index in [-0.39, 0.29) is 39.9 Å². The normalized spacial score (nSPS) is 12.0. The molecule has 4 rings (SSSR count). The first-order valence-electron chi connectivity index (χ1n) is 10.4. The van der Waals surface area contributed by atoms with Gasteiger partial charge in [-0.25, -0.2) is 30.7 Å². The highest BCUT2D eigenvalue weighted by atomic mass is 19.2. The Hall–Kier alpha value is -3.94. The lowest BCUT2D eigenvalue weighted by molar-refractivity contribution is 0.447. The van der Waals surface area contributed by atoms with Gasteiger partial charge in [-0.1, -0.05) is 37.3 Å². The molecule has 0 atom stereocenters. The molecule has 8 heteroatoms. The minimum atomic E-state index is -1.59. The van der Waals surface area contributed by atoms with Gasteiger partial charge in [0.2, 0.25) is 0 Å². The van der Waals surface area contributed by atoms with Crippen molar-refractivity contribution >= 4 is 5.83 Å². The van der Waals surface area contributed by atoms with Crippen molar-refractivity contribution < 1.29 is 30.7 Å². The summed E-state index contributed by atoms with van der Waals surface area (Å²) in [5, 5.41) is 0. The number of nitrogens with zero attached hydrogens (tertiary/aromatic N) is 1. The Morgan fingerprint density at radius 3 is 1.80 bits per heavy atom. The van der Waals surface area contributed by atoms with Crippen LogP contribution in [0.25, 0.3) is 39.3 Å². The lowest BCUT2D eigenvalue weighted by Gasteiger charge is -2.10. The third kappa shape index (κ3) is 4.82. The zero-order valence-corrected chi connectivity index (χ0v) is 18.2. The van der Waals surface area contributed by atoms with Gasteiger partial charge in [0.25, 0.3) is 0 Å². The first-order chi connectivity index (χ1) is 16.7. The molecule has 0 spiro atoms. The van der Waals surface area contributed by atoms with Crippen LogP contribution >= 0.6 is 0 Å². The molecular weight excluding hydrogens is 471 g/mol. The highest BCUT2D eigenvalue weighted by molar-refractivity contribution is 5.73. The maximum atomic E-state index is 14.9. The van der Waals surface area contributed by atoms with Gasteiger partial charge in [-0.2, -0.15) is 0 Å². The maximum Gasteiger partial charge on any atom is 0.194 e. The Balaban J connectivity index is 1.63. The topological polar surface area (TPSA) is 12.9 Å². The van der Waals surface area contributed by atoms with Crippen LogP contribution in [-0.2, 0) is 0 Å². The largest absolute Gasteiger partial charge is 0.256 e. The van der Waals surface area contributed by atoms with E-state index in [4.69, 9.17) is 0 Å². The highest BCUT2D eigenvalue weighted by Gasteiger charge is 2.15. The molecule has 0 radical (unpaired) electrons. The second-order valence-electron chi connectivity index (χ2n) is 7.65. The van der Waals surface area contributed by atoms with Crippen LogP contribution in [0.15, 0.2) is 72.7 Å². The second kappa shape index (κ2) is 9.74. The SMILES string of the molecule is CCC(F)=C(F)c1ccc(-c2ccc(-c3ccc(-c4cc(F)c(F)c(F)c4)nc3)c(F)c2)c(F)c1. The first kappa shape index (κ1) is 24.2. The molecule has 0 saturated carbocycles. The van der Waals surface area contributed by atoms with Crippen molar-refractivity contribution in [3.8, 4) is 33.5 Å². The molecule has 35 heavy (non-hydrogen) atoms. The predicted molar refractivity (Wildman–Crippen MR) is 120 cm³/mol. The zero-order chi connectivity index (χ0) is 25.3. The Morgan fingerprint density at radius 2 is 1.23 bits per heavy atom. The Kier molecular flexibility index (Phi) is 6.73. The molecule has 0 fully saturated rings. The van der Waals surface area contributed by atoms with Gasteiger partial charge in [-0.3, -0.25) is 4.98 Å². The lowest BCUT2D eigenvalue weighted by Crippen LogP contribution is -1.94. The van der Waals surface area contributed by atoms with Crippen LogP contribution in [0.2, 0.25) is 0 Å². The van der Waals surface area contributed by atoms with Crippen LogP contribution in [0.4, 0.5) is 30.7 Å². The smallest absolute Gasteiger partial charge is 0.194 e. The van der Waals surface area contributed by atoms with Gasteiger partial charge in [0.1, 0.15) is 17.5 Å². The molecular formula is C27H16F7N. The van der Waals surface area contributed by atoms with Crippen molar-refractivity contribution in [1.82, 2.24) is 4.98 Å². The number of pyridine rings is 1. The Morgan fingerprint density at radius 1 is 0.657 bits per heavy atom.